The Kier molecular flexibility index (Phi) is 3.80. The molecule has 1 saturated heterocycles. The average molecular weight is 201 g/mol. The molecule has 0 radical (unpaired) electrons. The number of rotatable bonds is 2. The van der Waals surface area contributed by atoms with E-state index in [4.69, 9.17) is 0 Å². The molecule has 3 heteroatoms. The Labute approximate surface area is 85.1 Å². The summed E-state index contributed by atoms with van der Waals surface area (Å²) in [6.07, 6.45) is 0. The quantitative estimate of drug-likeness (QED) is 0.679. The lowest BCUT2D eigenvalue weighted by Crippen LogP contribution is -2.51. The summed E-state index contributed by atoms with van der Waals surface area (Å²) < 4.78 is 0. The molecule has 0 bridgehead atoms. The predicted molar refractivity (Wildman–Crippen MR) is 58.2 cm³/mol. The lowest BCUT2D eigenvalue weighted by atomic mass is 10.1. The maximum atomic E-state index is 11.2. The van der Waals surface area contributed by atoms with Crippen molar-refractivity contribution in [1.29, 1.82) is 0 Å². The zero-order chi connectivity index (χ0) is 10.0. The summed E-state index contributed by atoms with van der Waals surface area (Å²) >= 11 is 2.01. The molecule has 0 aliphatic carbocycles. The van der Waals surface area contributed by atoms with E-state index < -0.39 is 0 Å². The van der Waals surface area contributed by atoms with E-state index in [-0.39, 0.29) is 11.8 Å². The SMILES string of the molecule is CC(=O)C(C)N1CCSC(C)C1C. The summed E-state index contributed by atoms with van der Waals surface area (Å²) in [7, 11) is 0. The molecule has 0 amide bonds. The highest BCUT2D eigenvalue weighted by Crippen LogP contribution is 2.25. The fraction of sp³-hybridized carbons (Fsp3) is 0.900. The lowest BCUT2D eigenvalue weighted by Gasteiger charge is -2.40. The maximum Gasteiger partial charge on any atom is 0.146 e. The summed E-state index contributed by atoms with van der Waals surface area (Å²) in [5.74, 6) is 1.44. The van der Waals surface area contributed by atoms with Crippen LogP contribution >= 0.6 is 11.8 Å². The minimum Gasteiger partial charge on any atom is -0.298 e. The molecular weight excluding hydrogens is 182 g/mol. The summed E-state index contributed by atoms with van der Waals surface area (Å²) in [4.78, 5) is 13.6. The Morgan fingerprint density at radius 2 is 2.15 bits per heavy atom. The fourth-order valence-electron chi connectivity index (χ4n) is 1.74. The third kappa shape index (κ3) is 2.47. The van der Waals surface area contributed by atoms with Crippen LogP contribution in [0.15, 0.2) is 0 Å². The van der Waals surface area contributed by atoms with Gasteiger partial charge in [0.2, 0.25) is 0 Å². The number of hydrogen-bond acceptors (Lipinski definition) is 3. The standard InChI is InChI=1S/C10H19NOS/c1-7(9(3)12)11-5-6-13-10(4)8(11)2/h7-8,10H,5-6H2,1-4H3. The molecule has 1 heterocycles. The molecule has 1 rings (SSSR count). The Morgan fingerprint density at radius 1 is 1.54 bits per heavy atom. The first-order valence-corrected chi connectivity index (χ1v) is 5.96. The zero-order valence-corrected chi connectivity index (χ0v) is 9.73. The van der Waals surface area contributed by atoms with Crippen LogP contribution in [0.25, 0.3) is 0 Å². The van der Waals surface area contributed by atoms with Crippen LogP contribution in [0.2, 0.25) is 0 Å². The van der Waals surface area contributed by atoms with Gasteiger partial charge in [-0.1, -0.05) is 6.92 Å². The topological polar surface area (TPSA) is 20.3 Å². The predicted octanol–water partition coefficient (Wildman–Crippen LogP) is 1.79. The van der Waals surface area contributed by atoms with Crippen LogP contribution in [0.1, 0.15) is 27.7 Å². The van der Waals surface area contributed by atoms with Gasteiger partial charge < -0.3 is 0 Å². The molecule has 0 aromatic heterocycles. The van der Waals surface area contributed by atoms with Crippen molar-refractivity contribution in [2.24, 2.45) is 0 Å². The molecule has 1 aliphatic rings. The molecule has 0 aromatic carbocycles. The Balaban J connectivity index is 2.62. The normalized spacial score (nSPS) is 32.9. The van der Waals surface area contributed by atoms with Gasteiger partial charge in [-0.05, 0) is 20.8 Å². The second-order valence-corrected chi connectivity index (χ2v) is 5.33. The second kappa shape index (κ2) is 4.47. The molecule has 0 spiro atoms. The first-order valence-electron chi connectivity index (χ1n) is 4.92. The molecule has 1 aliphatic heterocycles. The largest absolute Gasteiger partial charge is 0.298 e. The van der Waals surface area contributed by atoms with Crippen molar-refractivity contribution >= 4 is 17.5 Å². The highest BCUT2D eigenvalue weighted by atomic mass is 32.2. The van der Waals surface area contributed by atoms with Crippen molar-refractivity contribution in [3.8, 4) is 0 Å². The third-order valence-electron chi connectivity index (χ3n) is 3.02. The van der Waals surface area contributed by atoms with Crippen LogP contribution in [0, 0.1) is 0 Å². The second-order valence-electron chi connectivity index (χ2n) is 3.84. The maximum absolute atomic E-state index is 11.2. The van der Waals surface area contributed by atoms with Gasteiger partial charge in [0.05, 0.1) is 6.04 Å². The van der Waals surface area contributed by atoms with Crippen LogP contribution in [0.3, 0.4) is 0 Å². The molecule has 0 N–H and O–H groups in total. The highest BCUT2D eigenvalue weighted by molar-refractivity contribution is 8.00. The lowest BCUT2D eigenvalue weighted by molar-refractivity contribution is -0.122. The summed E-state index contributed by atoms with van der Waals surface area (Å²) in [5.41, 5.74) is 0. The van der Waals surface area contributed by atoms with E-state index in [0.29, 0.717) is 11.3 Å². The van der Waals surface area contributed by atoms with Gasteiger partial charge in [-0.15, -0.1) is 0 Å². The number of hydrogen-bond donors (Lipinski definition) is 0. The average Bonchev–Trinajstić information content (AvgIpc) is 2.08. The van der Waals surface area contributed by atoms with Gasteiger partial charge >= 0.3 is 0 Å². The minimum atomic E-state index is 0.0957. The van der Waals surface area contributed by atoms with Crippen LogP contribution in [-0.4, -0.2) is 40.3 Å². The first kappa shape index (κ1) is 11.1. The van der Waals surface area contributed by atoms with Crippen molar-refractivity contribution in [1.82, 2.24) is 4.90 Å². The minimum absolute atomic E-state index is 0.0957. The number of carbonyl (C=O) groups is 1. The van der Waals surface area contributed by atoms with E-state index in [0.717, 1.165) is 12.3 Å². The monoisotopic (exact) mass is 201 g/mol. The van der Waals surface area contributed by atoms with Crippen LogP contribution in [0.5, 0.6) is 0 Å². The van der Waals surface area contributed by atoms with Gasteiger partial charge in [0.25, 0.3) is 0 Å². The zero-order valence-electron chi connectivity index (χ0n) is 8.91. The number of carbonyl (C=O) groups excluding carboxylic acids is 1. The van der Waals surface area contributed by atoms with E-state index in [1.165, 1.54) is 0 Å². The van der Waals surface area contributed by atoms with Crippen molar-refractivity contribution in [3.63, 3.8) is 0 Å². The van der Waals surface area contributed by atoms with Gasteiger partial charge in [0.1, 0.15) is 5.78 Å². The van der Waals surface area contributed by atoms with Crippen LogP contribution in [0.4, 0.5) is 0 Å². The van der Waals surface area contributed by atoms with E-state index in [2.05, 4.69) is 18.7 Å². The van der Waals surface area contributed by atoms with Crippen molar-refractivity contribution in [2.75, 3.05) is 12.3 Å². The molecular formula is C10H19NOS. The van der Waals surface area contributed by atoms with Crippen molar-refractivity contribution in [3.05, 3.63) is 0 Å². The number of ketones is 1. The molecule has 0 saturated carbocycles. The number of nitrogens with zero attached hydrogens (tertiary/aromatic N) is 1. The smallest absolute Gasteiger partial charge is 0.146 e. The Hall–Kier alpha value is -0.0200. The van der Waals surface area contributed by atoms with Gasteiger partial charge in [-0.25, -0.2) is 0 Å². The molecule has 0 aromatic rings. The third-order valence-corrected chi connectivity index (χ3v) is 4.36. The van der Waals surface area contributed by atoms with Crippen LogP contribution < -0.4 is 0 Å². The van der Waals surface area contributed by atoms with E-state index in [1.807, 2.05) is 18.7 Å². The summed E-state index contributed by atoms with van der Waals surface area (Å²) in [6.45, 7) is 9.22. The number of thioether (sulfide) groups is 1. The molecule has 3 unspecified atom stereocenters. The first-order chi connectivity index (χ1) is 6.04. The van der Waals surface area contributed by atoms with E-state index in [9.17, 15) is 4.79 Å². The van der Waals surface area contributed by atoms with Gasteiger partial charge in [-0.2, -0.15) is 11.8 Å². The van der Waals surface area contributed by atoms with Gasteiger partial charge in [0.15, 0.2) is 0 Å². The van der Waals surface area contributed by atoms with Crippen molar-refractivity contribution < 1.29 is 4.79 Å². The van der Waals surface area contributed by atoms with Crippen LogP contribution in [-0.2, 0) is 4.79 Å². The number of Topliss-reactive ketones (excluding diaryl/α,β-unsaturated/α-hetero) is 1. The van der Waals surface area contributed by atoms with Crippen molar-refractivity contribution in [2.45, 2.75) is 45.0 Å². The molecule has 13 heavy (non-hydrogen) atoms. The van der Waals surface area contributed by atoms with E-state index in [1.54, 1.807) is 6.92 Å². The van der Waals surface area contributed by atoms with E-state index >= 15 is 0 Å². The summed E-state index contributed by atoms with van der Waals surface area (Å²) in [6, 6.07) is 0.621. The molecule has 76 valence electrons. The summed E-state index contributed by atoms with van der Waals surface area (Å²) in [5, 5.41) is 0.649. The van der Waals surface area contributed by atoms with Gasteiger partial charge in [-0.3, -0.25) is 9.69 Å². The highest BCUT2D eigenvalue weighted by Gasteiger charge is 2.30. The Bertz CT molecular complexity index is 195. The van der Waals surface area contributed by atoms with Gasteiger partial charge in [0, 0.05) is 23.6 Å². The molecule has 3 atom stereocenters. The molecule has 1 fully saturated rings. The molecule has 2 nitrogen and oxygen atoms in total. The fourth-order valence-corrected chi connectivity index (χ4v) is 2.86. The Morgan fingerprint density at radius 3 is 2.69 bits per heavy atom.